The van der Waals surface area contributed by atoms with E-state index in [4.69, 9.17) is 9.84 Å². The van der Waals surface area contributed by atoms with Gasteiger partial charge in [0.2, 0.25) is 5.91 Å². The van der Waals surface area contributed by atoms with Crippen LogP contribution < -0.4 is 5.32 Å². The number of benzene rings is 1. The molecule has 1 fully saturated rings. The number of ether oxygens (including phenoxy) is 1. The first-order chi connectivity index (χ1) is 12.1. The summed E-state index contributed by atoms with van der Waals surface area (Å²) in [6, 6.07) is 10.3. The molecule has 3 atom stereocenters. The Morgan fingerprint density at radius 2 is 1.96 bits per heavy atom. The van der Waals surface area contributed by atoms with E-state index in [-0.39, 0.29) is 11.3 Å². The highest BCUT2D eigenvalue weighted by atomic mass is 16.5. The summed E-state index contributed by atoms with van der Waals surface area (Å²) < 4.78 is 5.35. The van der Waals surface area contributed by atoms with Crippen LogP contribution in [0.3, 0.4) is 0 Å². The zero-order valence-electron chi connectivity index (χ0n) is 14.3. The van der Waals surface area contributed by atoms with E-state index in [0.717, 1.165) is 25.7 Å². The summed E-state index contributed by atoms with van der Waals surface area (Å²) in [7, 11) is 0. The van der Waals surface area contributed by atoms with Crippen LogP contribution in [0, 0.1) is 5.41 Å². The summed E-state index contributed by atoms with van der Waals surface area (Å²) in [5.74, 6) is -1.19. The van der Waals surface area contributed by atoms with Crippen molar-refractivity contribution in [2.45, 2.75) is 50.7 Å². The largest absolute Gasteiger partial charge is 0.479 e. The van der Waals surface area contributed by atoms with Crippen molar-refractivity contribution >= 4 is 11.9 Å². The third-order valence-electron chi connectivity index (χ3n) is 5.12. The Bertz CT molecular complexity index is 642. The van der Waals surface area contributed by atoms with Crippen molar-refractivity contribution in [2.24, 2.45) is 5.41 Å². The SMILES string of the molecule is O=C(O)[C@@H]1CC[C@H](C(=O)NCC2(Cc3ccccc3)C=CCCC2)O1. The van der Waals surface area contributed by atoms with Crippen LogP contribution in [0.5, 0.6) is 0 Å². The van der Waals surface area contributed by atoms with E-state index in [9.17, 15) is 9.59 Å². The lowest BCUT2D eigenvalue weighted by atomic mass is 9.74. The van der Waals surface area contributed by atoms with Gasteiger partial charge in [-0.25, -0.2) is 4.79 Å². The Hall–Kier alpha value is -2.14. The number of allylic oxidation sites excluding steroid dienone is 1. The average molecular weight is 343 g/mol. The standard InChI is InChI=1S/C20H25NO4/c22-18(16-9-10-17(25-16)19(23)24)21-14-20(11-5-2-6-12-20)13-15-7-3-1-4-8-15/h1,3-5,7-8,11,16-17H,2,6,9-10,12-14H2,(H,21,22)(H,23,24)/t16-,17+,20?/m1/s1. The van der Waals surface area contributed by atoms with Crippen LogP contribution in [0.25, 0.3) is 0 Å². The molecule has 0 aromatic heterocycles. The van der Waals surface area contributed by atoms with E-state index >= 15 is 0 Å². The highest BCUT2D eigenvalue weighted by molar-refractivity contribution is 5.82. The van der Waals surface area contributed by atoms with Gasteiger partial charge < -0.3 is 15.2 Å². The zero-order valence-corrected chi connectivity index (χ0v) is 14.3. The number of aliphatic carboxylic acids is 1. The van der Waals surface area contributed by atoms with Gasteiger partial charge in [0.1, 0.15) is 6.10 Å². The summed E-state index contributed by atoms with van der Waals surface area (Å²) in [6.07, 6.45) is 7.88. The maximum Gasteiger partial charge on any atom is 0.332 e. The van der Waals surface area contributed by atoms with E-state index in [2.05, 4.69) is 29.6 Å². The van der Waals surface area contributed by atoms with Crippen LogP contribution in [0.15, 0.2) is 42.5 Å². The van der Waals surface area contributed by atoms with Gasteiger partial charge in [0.05, 0.1) is 0 Å². The molecule has 1 amide bonds. The molecule has 5 heteroatoms. The van der Waals surface area contributed by atoms with Crippen LogP contribution in [-0.4, -0.2) is 35.7 Å². The van der Waals surface area contributed by atoms with Crippen LogP contribution in [0.4, 0.5) is 0 Å². The lowest BCUT2D eigenvalue weighted by Crippen LogP contribution is -2.43. The second-order valence-corrected chi connectivity index (χ2v) is 7.07. The number of carbonyl (C=O) groups excluding carboxylic acids is 1. The van der Waals surface area contributed by atoms with Crippen molar-refractivity contribution in [2.75, 3.05) is 6.54 Å². The number of rotatable bonds is 6. The van der Waals surface area contributed by atoms with Gasteiger partial charge in [0.25, 0.3) is 0 Å². The number of amides is 1. The van der Waals surface area contributed by atoms with Crippen molar-refractivity contribution in [1.29, 1.82) is 0 Å². The highest BCUT2D eigenvalue weighted by Gasteiger charge is 2.36. The molecule has 2 N–H and O–H groups in total. The van der Waals surface area contributed by atoms with Gasteiger partial charge in [0, 0.05) is 12.0 Å². The molecule has 0 spiro atoms. The first kappa shape index (κ1) is 17.7. The monoisotopic (exact) mass is 343 g/mol. The van der Waals surface area contributed by atoms with Crippen molar-refractivity contribution in [3.8, 4) is 0 Å². The molecular weight excluding hydrogens is 318 g/mol. The van der Waals surface area contributed by atoms with Crippen LogP contribution in [0.2, 0.25) is 0 Å². The summed E-state index contributed by atoms with van der Waals surface area (Å²) in [5.41, 5.74) is 1.17. The van der Waals surface area contributed by atoms with Crippen LogP contribution >= 0.6 is 0 Å². The number of hydrogen-bond donors (Lipinski definition) is 2. The van der Waals surface area contributed by atoms with E-state index < -0.39 is 18.2 Å². The minimum absolute atomic E-state index is 0.0833. The predicted octanol–water partition coefficient (Wildman–Crippen LogP) is 2.70. The van der Waals surface area contributed by atoms with Gasteiger partial charge in [0.15, 0.2) is 6.10 Å². The normalized spacial score (nSPS) is 28.6. The maximum atomic E-state index is 12.4. The van der Waals surface area contributed by atoms with Crippen molar-refractivity contribution < 1.29 is 19.4 Å². The minimum atomic E-state index is -0.994. The second-order valence-electron chi connectivity index (χ2n) is 7.07. The molecule has 1 aliphatic heterocycles. The zero-order chi connectivity index (χ0) is 17.7. The lowest BCUT2D eigenvalue weighted by molar-refractivity contribution is -0.151. The molecule has 0 saturated carbocycles. The molecule has 134 valence electrons. The quantitative estimate of drug-likeness (QED) is 0.779. The number of hydrogen-bond acceptors (Lipinski definition) is 3. The molecule has 1 saturated heterocycles. The number of nitrogens with one attached hydrogen (secondary N) is 1. The van der Waals surface area contributed by atoms with Crippen molar-refractivity contribution in [1.82, 2.24) is 5.32 Å². The number of carboxylic acid groups (broad SMARTS) is 1. The topological polar surface area (TPSA) is 75.6 Å². The lowest BCUT2D eigenvalue weighted by Gasteiger charge is -2.34. The predicted molar refractivity (Wildman–Crippen MR) is 94.1 cm³/mol. The highest BCUT2D eigenvalue weighted by Crippen LogP contribution is 2.34. The van der Waals surface area contributed by atoms with Gasteiger partial charge in [-0.3, -0.25) is 4.79 Å². The molecule has 0 bridgehead atoms. The molecule has 3 rings (SSSR count). The number of carbonyl (C=O) groups is 2. The molecule has 0 radical (unpaired) electrons. The van der Waals surface area contributed by atoms with E-state index in [0.29, 0.717) is 19.4 Å². The Labute approximate surface area is 148 Å². The Morgan fingerprint density at radius 1 is 1.20 bits per heavy atom. The van der Waals surface area contributed by atoms with E-state index in [1.54, 1.807) is 0 Å². The molecule has 25 heavy (non-hydrogen) atoms. The summed E-state index contributed by atoms with van der Waals surface area (Å²) >= 11 is 0. The molecule has 1 aliphatic carbocycles. The average Bonchev–Trinajstić information content (AvgIpc) is 3.12. The van der Waals surface area contributed by atoms with Crippen molar-refractivity contribution in [3.05, 3.63) is 48.0 Å². The van der Waals surface area contributed by atoms with Crippen LogP contribution in [-0.2, 0) is 20.7 Å². The Kier molecular flexibility index (Phi) is 5.53. The minimum Gasteiger partial charge on any atom is -0.479 e. The fourth-order valence-corrected chi connectivity index (χ4v) is 3.74. The smallest absolute Gasteiger partial charge is 0.332 e. The molecule has 5 nitrogen and oxygen atoms in total. The number of carboxylic acids is 1. The third kappa shape index (κ3) is 4.48. The Balaban J connectivity index is 1.61. The molecule has 2 aliphatic rings. The van der Waals surface area contributed by atoms with E-state index in [1.165, 1.54) is 5.56 Å². The Morgan fingerprint density at radius 3 is 2.60 bits per heavy atom. The first-order valence-electron chi connectivity index (χ1n) is 8.96. The summed E-state index contributed by atoms with van der Waals surface area (Å²) in [6.45, 7) is 0.550. The van der Waals surface area contributed by atoms with Gasteiger partial charge in [-0.05, 0) is 44.1 Å². The fourth-order valence-electron chi connectivity index (χ4n) is 3.74. The molecular formula is C20H25NO4. The van der Waals surface area contributed by atoms with Crippen molar-refractivity contribution in [3.63, 3.8) is 0 Å². The maximum absolute atomic E-state index is 12.4. The second kappa shape index (κ2) is 7.83. The molecule has 1 aromatic rings. The third-order valence-corrected chi connectivity index (χ3v) is 5.12. The summed E-state index contributed by atoms with van der Waals surface area (Å²) in [5, 5.41) is 12.0. The van der Waals surface area contributed by atoms with Crippen LogP contribution in [0.1, 0.15) is 37.7 Å². The molecule has 1 aromatic carbocycles. The first-order valence-corrected chi connectivity index (χ1v) is 8.96. The van der Waals surface area contributed by atoms with Gasteiger partial charge in [-0.2, -0.15) is 0 Å². The van der Waals surface area contributed by atoms with E-state index in [1.807, 2.05) is 18.2 Å². The van der Waals surface area contributed by atoms with Gasteiger partial charge in [-0.1, -0.05) is 42.5 Å². The van der Waals surface area contributed by atoms with Gasteiger partial charge >= 0.3 is 5.97 Å². The molecule has 1 unspecified atom stereocenters. The van der Waals surface area contributed by atoms with Gasteiger partial charge in [-0.15, -0.1) is 0 Å². The summed E-state index contributed by atoms with van der Waals surface area (Å²) in [4.78, 5) is 23.4. The molecule has 1 heterocycles. The fraction of sp³-hybridized carbons (Fsp3) is 0.500.